The van der Waals surface area contributed by atoms with Crippen molar-refractivity contribution in [2.45, 2.75) is 12.5 Å². The Kier molecular flexibility index (Phi) is 5.25. The molecule has 0 aliphatic carbocycles. The van der Waals surface area contributed by atoms with Gasteiger partial charge >= 0.3 is 0 Å². The van der Waals surface area contributed by atoms with Gasteiger partial charge in [-0.15, -0.1) is 5.10 Å². The van der Waals surface area contributed by atoms with Gasteiger partial charge in [0, 0.05) is 17.0 Å². The van der Waals surface area contributed by atoms with Gasteiger partial charge in [0.15, 0.2) is 0 Å². The number of nitrogens with zero attached hydrogens (tertiary/aromatic N) is 4. The van der Waals surface area contributed by atoms with E-state index in [0.29, 0.717) is 23.0 Å². The Morgan fingerprint density at radius 1 is 1.00 bits per heavy atom. The summed E-state index contributed by atoms with van der Waals surface area (Å²) in [6.45, 7) is 0. The van der Waals surface area contributed by atoms with Gasteiger partial charge in [0.2, 0.25) is 0 Å². The van der Waals surface area contributed by atoms with Gasteiger partial charge in [-0.25, -0.2) is 14.1 Å². The van der Waals surface area contributed by atoms with Crippen LogP contribution in [0.1, 0.15) is 33.9 Å². The summed E-state index contributed by atoms with van der Waals surface area (Å²) in [5, 5.41) is 7.75. The van der Waals surface area contributed by atoms with E-state index in [2.05, 4.69) is 20.4 Å². The highest BCUT2D eigenvalue weighted by molar-refractivity contribution is 6.30. The minimum atomic E-state index is -0.352. The quantitative estimate of drug-likeness (QED) is 0.454. The number of aromatic nitrogens is 3. The Labute approximate surface area is 188 Å². The number of anilines is 1. The number of hydrogen-bond acceptors (Lipinski definition) is 4. The fraction of sp³-hybridized carbons (Fsp3) is 0.0833. The lowest BCUT2D eigenvalue weighted by molar-refractivity contribution is 0.102. The Morgan fingerprint density at radius 2 is 1.72 bits per heavy atom. The number of aliphatic imine (C=N–C) groups is 1. The molecule has 1 aliphatic rings. The van der Waals surface area contributed by atoms with Crippen LogP contribution in [0.2, 0.25) is 5.02 Å². The molecule has 0 saturated heterocycles. The fourth-order valence-corrected chi connectivity index (χ4v) is 3.75. The molecular weight excluding hydrogens is 429 g/mol. The predicted molar refractivity (Wildman–Crippen MR) is 121 cm³/mol. The summed E-state index contributed by atoms with van der Waals surface area (Å²) in [7, 11) is 0. The molecule has 6 nitrogen and oxygen atoms in total. The number of amides is 1. The van der Waals surface area contributed by atoms with Gasteiger partial charge in [-0.1, -0.05) is 54.1 Å². The molecule has 3 aromatic carbocycles. The van der Waals surface area contributed by atoms with Crippen LogP contribution < -0.4 is 5.32 Å². The van der Waals surface area contributed by atoms with E-state index in [4.69, 9.17) is 11.6 Å². The summed E-state index contributed by atoms with van der Waals surface area (Å²) in [6.07, 6.45) is 0.552. The molecule has 0 saturated carbocycles. The zero-order valence-electron chi connectivity index (χ0n) is 16.7. The van der Waals surface area contributed by atoms with Crippen molar-refractivity contribution >= 4 is 35.1 Å². The van der Waals surface area contributed by atoms with Crippen molar-refractivity contribution in [1.82, 2.24) is 14.8 Å². The van der Waals surface area contributed by atoms with E-state index in [9.17, 15) is 9.18 Å². The molecule has 8 heteroatoms. The number of nitrogens with one attached hydrogen (secondary N) is 1. The SMILES string of the molecule is O=C(Nc1nc2n(n1)C(c1ccc(F)cc1)CC(c1ccccc1)=N2)c1ccc(Cl)cc1. The first-order valence-corrected chi connectivity index (χ1v) is 10.4. The number of benzene rings is 3. The Bertz CT molecular complexity index is 1300. The van der Waals surface area contributed by atoms with Crippen LogP contribution in [-0.4, -0.2) is 26.4 Å². The number of fused-ring (bicyclic) bond motifs is 1. The largest absolute Gasteiger partial charge is 0.289 e. The topological polar surface area (TPSA) is 72.2 Å². The van der Waals surface area contributed by atoms with Gasteiger partial charge in [0.1, 0.15) is 5.82 Å². The molecule has 1 atom stereocenters. The third-order valence-corrected chi connectivity index (χ3v) is 5.48. The first-order valence-electron chi connectivity index (χ1n) is 9.99. The molecule has 1 aliphatic heterocycles. The normalized spacial score (nSPS) is 15.1. The molecule has 1 N–H and O–H groups in total. The van der Waals surface area contributed by atoms with Crippen molar-refractivity contribution in [3.05, 3.63) is 106 Å². The van der Waals surface area contributed by atoms with E-state index in [1.807, 2.05) is 30.3 Å². The third-order valence-electron chi connectivity index (χ3n) is 5.22. The van der Waals surface area contributed by atoms with Gasteiger partial charge < -0.3 is 0 Å². The molecule has 1 unspecified atom stereocenters. The summed E-state index contributed by atoms with van der Waals surface area (Å²) < 4.78 is 15.2. The average molecular weight is 446 g/mol. The van der Waals surface area contributed by atoms with E-state index in [1.54, 1.807) is 41.1 Å². The van der Waals surface area contributed by atoms with Crippen molar-refractivity contribution < 1.29 is 9.18 Å². The molecule has 0 spiro atoms. The number of carbonyl (C=O) groups is 1. The lowest BCUT2D eigenvalue weighted by atomic mass is 9.96. The van der Waals surface area contributed by atoms with E-state index in [0.717, 1.165) is 16.8 Å². The summed E-state index contributed by atoms with van der Waals surface area (Å²) in [4.78, 5) is 21.7. The molecule has 4 aromatic rings. The molecule has 5 rings (SSSR count). The van der Waals surface area contributed by atoms with E-state index < -0.39 is 0 Å². The first-order chi connectivity index (χ1) is 15.6. The number of rotatable bonds is 4. The summed E-state index contributed by atoms with van der Waals surface area (Å²) in [5.41, 5.74) is 3.12. The molecule has 1 aromatic heterocycles. The van der Waals surface area contributed by atoms with Crippen LogP contribution in [0.25, 0.3) is 0 Å². The van der Waals surface area contributed by atoms with E-state index in [1.165, 1.54) is 12.1 Å². The number of hydrogen-bond donors (Lipinski definition) is 1. The van der Waals surface area contributed by atoms with Gasteiger partial charge in [0.25, 0.3) is 17.8 Å². The van der Waals surface area contributed by atoms with Crippen molar-refractivity contribution in [3.63, 3.8) is 0 Å². The summed E-state index contributed by atoms with van der Waals surface area (Å²) in [5.74, 6) is -0.146. The Hall–Kier alpha value is -3.84. The average Bonchev–Trinajstić information content (AvgIpc) is 3.22. The first kappa shape index (κ1) is 20.1. The van der Waals surface area contributed by atoms with Crippen molar-refractivity contribution in [2.75, 3.05) is 5.32 Å². The van der Waals surface area contributed by atoms with Gasteiger partial charge in [-0.05, 0) is 47.5 Å². The second-order valence-electron chi connectivity index (χ2n) is 7.34. The zero-order chi connectivity index (χ0) is 22.1. The maximum Gasteiger partial charge on any atom is 0.258 e. The number of carbonyl (C=O) groups excluding carboxylic acids is 1. The molecule has 0 fully saturated rings. The minimum absolute atomic E-state index is 0.144. The molecule has 1 amide bonds. The highest BCUT2D eigenvalue weighted by Gasteiger charge is 2.28. The van der Waals surface area contributed by atoms with Gasteiger partial charge in [0.05, 0.1) is 11.8 Å². The lowest BCUT2D eigenvalue weighted by Crippen LogP contribution is -2.21. The molecular formula is C24H17ClFN5O. The summed E-state index contributed by atoms with van der Waals surface area (Å²) in [6, 6.07) is 22.4. The van der Waals surface area contributed by atoms with Crippen LogP contribution >= 0.6 is 11.6 Å². The van der Waals surface area contributed by atoms with Crippen LogP contribution in [0.4, 0.5) is 16.3 Å². The van der Waals surface area contributed by atoms with Crippen LogP contribution in [0, 0.1) is 5.82 Å². The van der Waals surface area contributed by atoms with Crippen LogP contribution in [0.3, 0.4) is 0 Å². The molecule has 32 heavy (non-hydrogen) atoms. The van der Waals surface area contributed by atoms with E-state index >= 15 is 0 Å². The fourth-order valence-electron chi connectivity index (χ4n) is 3.62. The highest BCUT2D eigenvalue weighted by Crippen LogP contribution is 2.33. The third kappa shape index (κ3) is 4.02. The standard InChI is InChI=1S/C24H17ClFN5O/c25-18-10-6-17(7-11-18)22(32)28-23-29-24-27-20(15-4-2-1-3-5-15)14-21(31(24)30-23)16-8-12-19(26)13-9-16/h1-13,21H,14H2,(H,28,30,32). The smallest absolute Gasteiger partial charge is 0.258 e. The van der Waals surface area contributed by atoms with Crippen molar-refractivity contribution in [1.29, 1.82) is 0 Å². The predicted octanol–water partition coefficient (Wildman–Crippen LogP) is 5.44. The minimum Gasteiger partial charge on any atom is -0.289 e. The monoisotopic (exact) mass is 445 g/mol. The molecule has 2 heterocycles. The maximum absolute atomic E-state index is 13.5. The maximum atomic E-state index is 13.5. The molecule has 0 radical (unpaired) electrons. The second-order valence-corrected chi connectivity index (χ2v) is 7.77. The summed E-state index contributed by atoms with van der Waals surface area (Å²) >= 11 is 5.90. The highest BCUT2D eigenvalue weighted by atomic mass is 35.5. The van der Waals surface area contributed by atoms with Crippen LogP contribution in [0.5, 0.6) is 0 Å². The van der Waals surface area contributed by atoms with Gasteiger partial charge in [-0.3, -0.25) is 10.1 Å². The van der Waals surface area contributed by atoms with E-state index in [-0.39, 0.29) is 23.7 Å². The molecule has 0 bridgehead atoms. The Morgan fingerprint density at radius 3 is 2.44 bits per heavy atom. The van der Waals surface area contributed by atoms with Crippen molar-refractivity contribution in [2.24, 2.45) is 4.99 Å². The lowest BCUT2D eigenvalue weighted by Gasteiger charge is -2.23. The zero-order valence-corrected chi connectivity index (χ0v) is 17.5. The van der Waals surface area contributed by atoms with Crippen molar-refractivity contribution in [3.8, 4) is 0 Å². The van der Waals surface area contributed by atoms with Gasteiger partial charge in [-0.2, -0.15) is 4.98 Å². The second kappa shape index (κ2) is 8.36. The van der Waals surface area contributed by atoms with Crippen LogP contribution in [-0.2, 0) is 0 Å². The Balaban J connectivity index is 1.51. The van der Waals surface area contributed by atoms with Crippen LogP contribution in [0.15, 0.2) is 83.9 Å². The molecule has 158 valence electrons. The number of halogens is 2.